The van der Waals surface area contributed by atoms with E-state index < -0.39 is 10.0 Å². The molecule has 3 rings (SSSR count). The minimum Gasteiger partial charge on any atom is -0.496 e. The second kappa shape index (κ2) is 10.8. The quantitative estimate of drug-likeness (QED) is 0.617. The fraction of sp³-hybridized carbons (Fsp3) is 0.458. The summed E-state index contributed by atoms with van der Waals surface area (Å²) in [7, 11) is -0.689. The minimum atomic E-state index is -3.80. The summed E-state index contributed by atoms with van der Waals surface area (Å²) in [5.41, 5.74) is 1.69. The lowest BCUT2D eigenvalue weighted by atomic mass is 9.95. The van der Waals surface area contributed by atoms with Gasteiger partial charge in [0.05, 0.1) is 37.8 Å². The average molecular weight is 461 g/mol. The van der Waals surface area contributed by atoms with Gasteiger partial charge < -0.3 is 14.8 Å². The molecule has 1 N–H and O–H groups in total. The number of ether oxygens (including phenoxy) is 2. The summed E-state index contributed by atoms with van der Waals surface area (Å²) in [4.78, 5) is 13.1. The molecule has 0 aromatic heterocycles. The van der Waals surface area contributed by atoms with E-state index in [-0.39, 0.29) is 29.9 Å². The number of aryl methyl sites for hydroxylation is 1. The first-order chi connectivity index (χ1) is 15.4. The van der Waals surface area contributed by atoms with Crippen molar-refractivity contribution < 1.29 is 22.7 Å². The molecule has 0 unspecified atom stereocenters. The van der Waals surface area contributed by atoms with Crippen molar-refractivity contribution >= 4 is 15.9 Å². The fourth-order valence-electron chi connectivity index (χ4n) is 4.11. The summed E-state index contributed by atoms with van der Waals surface area (Å²) >= 11 is 0. The van der Waals surface area contributed by atoms with Crippen LogP contribution in [0.15, 0.2) is 47.4 Å². The molecule has 32 heavy (non-hydrogen) atoms. The van der Waals surface area contributed by atoms with Gasteiger partial charge in [0.25, 0.3) is 0 Å². The van der Waals surface area contributed by atoms with Gasteiger partial charge in [-0.25, -0.2) is 8.42 Å². The number of nitrogens with one attached hydrogen (secondary N) is 1. The van der Waals surface area contributed by atoms with Gasteiger partial charge in [-0.2, -0.15) is 4.31 Å². The topological polar surface area (TPSA) is 84.9 Å². The highest BCUT2D eigenvalue weighted by atomic mass is 32.2. The van der Waals surface area contributed by atoms with Gasteiger partial charge in [-0.3, -0.25) is 4.79 Å². The molecule has 1 amide bonds. The third kappa shape index (κ3) is 5.61. The van der Waals surface area contributed by atoms with Gasteiger partial charge in [0, 0.05) is 6.04 Å². The molecule has 0 atom stereocenters. The van der Waals surface area contributed by atoms with Crippen LogP contribution in [0.2, 0.25) is 0 Å². The second-order valence-corrected chi connectivity index (χ2v) is 9.96. The maximum atomic E-state index is 13.5. The predicted octanol–water partition coefficient (Wildman–Crippen LogP) is 3.65. The molecule has 1 fully saturated rings. The maximum Gasteiger partial charge on any atom is 0.243 e. The van der Waals surface area contributed by atoms with Crippen molar-refractivity contribution in [3.8, 4) is 11.5 Å². The Kier molecular flexibility index (Phi) is 8.15. The molecule has 0 bridgehead atoms. The van der Waals surface area contributed by atoms with Crippen molar-refractivity contribution in [3.63, 3.8) is 0 Å². The van der Waals surface area contributed by atoms with Gasteiger partial charge in [0.2, 0.25) is 15.9 Å². The summed E-state index contributed by atoms with van der Waals surface area (Å²) in [5, 5.41) is 2.85. The van der Waals surface area contributed by atoms with Crippen molar-refractivity contribution in [1.29, 1.82) is 0 Å². The molecule has 1 aliphatic rings. The van der Waals surface area contributed by atoms with Crippen LogP contribution in [0, 0.1) is 6.92 Å². The summed E-state index contributed by atoms with van der Waals surface area (Å²) < 4.78 is 39.1. The monoisotopic (exact) mass is 460 g/mol. The molecule has 0 heterocycles. The Morgan fingerprint density at radius 2 is 1.59 bits per heavy atom. The van der Waals surface area contributed by atoms with E-state index in [2.05, 4.69) is 5.32 Å². The summed E-state index contributed by atoms with van der Waals surface area (Å²) in [5.74, 6) is 0.835. The lowest BCUT2D eigenvalue weighted by Crippen LogP contribution is -2.46. The second-order valence-electron chi connectivity index (χ2n) is 8.07. The highest BCUT2D eigenvalue weighted by Crippen LogP contribution is 2.29. The molecular formula is C24H32N2O5S. The molecule has 174 valence electrons. The van der Waals surface area contributed by atoms with Crippen molar-refractivity contribution in [2.24, 2.45) is 0 Å². The van der Waals surface area contributed by atoms with Crippen LogP contribution in [0.25, 0.3) is 0 Å². The van der Waals surface area contributed by atoms with Gasteiger partial charge >= 0.3 is 0 Å². The Balaban J connectivity index is 1.79. The number of nitrogens with zero attached hydrogens (tertiary/aromatic N) is 1. The predicted molar refractivity (Wildman–Crippen MR) is 123 cm³/mol. The Bertz CT molecular complexity index is 993. The SMILES string of the molecule is COc1cccc(OC)c1CNC(=O)CN(C1CCCCC1)S(=O)(=O)c1ccc(C)cc1. The summed E-state index contributed by atoms with van der Waals surface area (Å²) in [6.45, 7) is 1.86. The maximum absolute atomic E-state index is 13.5. The first-order valence-electron chi connectivity index (χ1n) is 10.9. The van der Waals surface area contributed by atoms with E-state index >= 15 is 0 Å². The molecule has 1 aliphatic carbocycles. The van der Waals surface area contributed by atoms with E-state index in [1.54, 1.807) is 50.6 Å². The number of carbonyl (C=O) groups excluding carboxylic acids is 1. The highest BCUT2D eigenvalue weighted by Gasteiger charge is 2.34. The smallest absolute Gasteiger partial charge is 0.243 e. The van der Waals surface area contributed by atoms with Crippen LogP contribution in [0.3, 0.4) is 0 Å². The van der Waals surface area contributed by atoms with E-state index in [0.29, 0.717) is 17.1 Å². The average Bonchev–Trinajstić information content (AvgIpc) is 2.81. The Labute approximate surface area is 190 Å². The van der Waals surface area contributed by atoms with E-state index in [4.69, 9.17) is 9.47 Å². The first kappa shape index (κ1) is 24.1. The van der Waals surface area contributed by atoms with Crippen LogP contribution in [0.5, 0.6) is 11.5 Å². The molecule has 0 aliphatic heterocycles. The van der Waals surface area contributed by atoms with Gasteiger partial charge in [0.15, 0.2) is 0 Å². The van der Waals surface area contributed by atoms with Gasteiger partial charge in [-0.05, 0) is 44.0 Å². The number of methoxy groups -OCH3 is 2. The van der Waals surface area contributed by atoms with E-state index in [0.717, 1.165) is 37.7 Å². The standard InChI is InChI=1S/C24H32N2O5S/c1-18-12-14-20(15-13-18)32(28,29)26(19-8-5-4-6-9-19)17-24(27)25-16-21-22(30-2)10-7-11-23(21)31-3/h7,10-15,19H,4-6,8-9,16-17H2,1-3H3,(H,25,27). The first-order valence-corrected chi connectivity index (χ1v) is 12.4. The highest BCUT2D eigenvalue weighted by molar-refractivity contribution is 7.89. The molecule has 8 heteroatoms. The van der Waals surface area contributed by atoms with Gasteiger partial charge in [-0.15, -0.1) is 0 Å². The molecule has 0 spiro atoms. The largest absolute Gasteiger partial charge is 0.496 e. The van der Waals surface area contributed by atoms with Gasteiger partial charge in [0.1, 0.15) is 11.5 Å². The number of hydrogen-bond donors (Lipinski definition) is 1. The molecule has 0 saturated heterocycles. The number of sulfonamides is 1. The van der Waals surface area contributed by atoms with Crippen molar-refractivity contribution in [1.82, 2.24) is 9.62 Å². The van der Waals surface area contributed by atoms with Crippen molar-refractivity contribution in [2.45, 2.75) is 56.5 Å². The van der Waals surface area contributed by atoms with Crippen LogP contribution in [0.1, 0.15) is 43.2 Å². The normalized spacial score (nSPS) is 14.9. The lowest BCUT2D eigenvalue weighted by Gasteiger charge is -2.33. The number of rotatable bonds is 9. The van der Waals surface area contributed by atoms with E-state index in [9.17, 15) is 13.2 Å². The third-order valence-corrected chi connectivity index (χ3v) is 7.81. The molecule has 7 nitrogen and oxygen atoms in total. The Hall–Kier alpha value is -2.58. The van der Waals surface area contributed by atoms with Crippen molar-refractivity contribution in [2.75, 3.05) is 20.8 Å². The number of benzene rings is 2. The summed E-state index contributed by atoms with van der Waals surface area (Å²) in [6.07, 6.45) is 4.54. The Morgan fingerprint density at radius 3 is 2.16 bits per heavy atom. The number of hydrogen-bond acceptors (Lipinski definition) is 5. The third-order valence-electron chi connectivity index (χ3n) is 5.90. The molecule has 2 aromatic carbocycles. The number of amides is 1. The molecule has 0 radical (unpaired) electrons. The van der Waals surface area contributed by atoms with E-state index in [1.807, 2.05) is 13.0 Å². The molecule has 1 saturated carbocycles. The van der Waals surface area contributed by atoms with Crippen LogP contribution in [-0.4, -0.2) is 45.4 Å². The van der Waals surface area contributed by atoms with Crippen LogP contribution >= 0.6 is 0 Å². The molecular weight excluding hydrogens is 428 g/mol. The zero-order chi connectivity index (χ0) is 23.1. The molecule has 2 aromatic rings. The van der Waals surface area contributed by atoms with E-state index in [1.165, 1.54) is 4.31 Å². The fourth-order valence-corrected chi connectivity index (χ4v) is 5.75. The Morgan fingerprint density at radius 1 is 1.00 bits per heavy atom. The van der Waals surface area contributed by atoms with Crippen LogP contribution in [0.4, 0.5) is 0 Å². The van der Waals surface area contributed by atoms with Crippen LogP contribution in [-0.2, 0) is 21.4 Å². The minimum absolute atomic E-state index is 0.176. The number of carbonyl (C=O) groups is 1. The zero-order valence-electron chi connectivity index (χ0n) is 19.0. The van der Waals surface area contributed by atoms with Crippen LogP contribution < -0.4 is 14.8 Å². The lowest BCUT2D eigenvalue weighted by molar-refractivity contribution is -0.121. The zero-order valence-corrected chi connectivity index (χ0v) is 19.8. The summed E-state index contributed by atoms with van der Waals surface area (Å²) in [6, 6.07) is 12.0. The van der Waals surface area contributed by atoms with Crippen molar-refractivity contribution in [3.05, 3.63) is 53.6 Å². The van der Waals surface area contributed by atoms with Gasteiger partial charge in [-0.1, -0.05) is 43.0 Å².